The predicted molar refractivity (Wildman–Crippen MR) is 103 cm³/mol. The van der Waals surface area contributed by atoms with E-state index in [1.165, 1.54) is 89.9 Å². The molecule has 0 saturated carbocycles. The van der Waals surface area contributed by atoms with E-state index in [1.807, 2.05) is 0 Å². The van der Waals surface area contributed by atoms with Crippen LogP contribution in [0.5, 0.6) is 0 Å². The molecule has 0 aromatic rings. The summed E-state index contributed by atoms with van der Waals surface area (Å²) in [6, 6.07) is 0.390. The highest BCUT2D eigenvalue weighted by Crippen LogP contribution is 2.17. The summed E-state index contributed by atoms with van der Waals surface area (Å²) in [5.74, 6) is 0. The van der Waals surface area contributed by atoms with Crippen molar-refractivity contribution in [1.29, 1.82) is 0 Å². The molecule has 0 spiro atoms. The van der Waals surface area contributed by atoms with Crippen LogP contribution < -0.4 is 5.32 Å². The molecular weight excluding hydrogens is 298 g/mol. The monoisotopic (exact) mass is 341 g/mol. The fourth-order valence-electron chi connectivity index (χ4n) is 3.63. The third kappa shape index (κ3) is 11.4. The molecule has 1 rings (SSSR count). The highest BCUT2D eigenvalue weighted by molar-refractivity contribution is 4.78. The molecular formula is C21H43NO2. The minimum Gasteiger partial charge on any atom is -0.354 e. The van der Waals surface area contributed by atoms with Crippen LogP contribution in [0.1, 0.15) is 104 Å². The van der Waals surface area contributed by atoms with Crippen molar-refractivity contribution in [3.63, 3.8) is 0 Å². The number of ether oxygens (including phenoxy) is 2. The van der Waals surface area contributed by atoms with Gasteiger partial charge in [0.05, 0.1) is 18.8 Å². The van der Waals surface area contributed by atoms with Gasteiger partial charge in [0, 0.05) is 0 Å². The van der Waals surface area contributed by atoms with Gasteiger partial charge in [0.1, 0.15) is 6.79 Å². The minimum atomic E-state index is 0.353. The van der Waals surface area contributed by atoms with Crippen LogP contribution in [0, 0.1) is 0 Å². The van der Waals surface area contributed by atoms with E-state index in [4.69, 9.17) is 9.47 Å². The lowest BCUT2D eigenvalue weighted by Gasteiger charge is -2.32. The zero-order valence-corrected chi connectivity index (χ0v) is 16.5. The van der Waals surface area contributed by atoms with Crippen LogP contribution in [0.25, 0.3) is 0 Å². The summed E-state index contributed by atoms with van der Waals surface area (Å²) < 4.78 is 11.2. The molecule has 0 aromatic heterocycles. The second kappa shape index (κ2) is 16.4. The van der Waals surface area contributed by atoms with Crippen LogP contribution >= 0.6 is 0 Å². The molecule has 1 aliphatic heterocycles. The molecule has 1 heterocycles. The maximum atomic E-state index is 5.77. The quantitative estimate of drug-likeness (QED) is 0.359. The van der Waals surface area contributed by atoms with Gasteiger partial charge in [0.2, 0.25) is 0 Å². The molecule has 24 heavy (non-hydrogen) atoms. The maximum Gasteiger partial charge on any atom is 0.147 e. The number of nitrogens with one attached hydrogen (secondary N) is 1. The third-order valence-corrected chi connectivity index (χ3v) is 5.17. The van der Waals surface area contributed by atoms with Gasteiger partial charge in [-0.25, -0.2) is 0 Å². The molecule has 1 fully saturated rings. The van der Waals surface area contributed by atoms with Crippen molar-refractivity contribution in [2.24, 2.45) is 0 Å². The van der Waals surface area contributed by atoms with E-state index >= 15 is 0 Å². The Morgan fingerprint density at radius 1 is 0.750 bits per heavy atom. The van der Waals surface area contributed by atoms with E-state index in [9.17, 15) is 0 Å². The molecule has 3 nitrogen and oxygen atoms in total. The van der Waals surface area contributed by atoms with Gasteiger partial charge in [0.25, 0.3) is 0 Å². The Labute approximate surface area is 151 Å². The largest absolute Gasteiger partial charge is 0.354 e. The topological polar surface area (TPSA) is 30.5 Å². The Hall–Kier alpha value is -0.120. The molecule has 0 radical (unpaired) electrons. The summed E-state index contributed by atoms with van der Waals surface area (Å²) in [5.41, 5.74) is 0. The van der Waals surface area contributed by atoms with Crippen molar-refractivity contribution < 1.29 is 9.47 Å². The van der Waals surface area contributed by atoms with Gasteiger partial charge in [-0.05, 0) is 13.0 Å². The van der Waals surface area contributed by atoms with Crippen molar-refractivity contribution in [1.82, 2.24) is 5.32 Å². The molecule has 1 N–H and O–H groups in total. The van der Waals surface area contributed by atoms with Crippen LogP contribution in [-0.2, 0) is 9.47 Å². The first kappa shape index (κ1) is 21.9. The lowest BCUT2D eigenvalue weighted by atomic mass is 10.0. The highest BCUT2D eigenvalue weighted by Gasteiger charge is 2.24. The van der Waals surface area contributed by atoms with Crippen LogP contribution in [-0.4, -0.2) is 32.1 Å². The molecule has 0 aliphatic carbocycles. The van der Waals surface area contributed by atoms with Gasteiger partial charge in [0.15, 0.2) is 0 Å². The SMILES string of the molecule is CCCCCCCCCCCCCCCC1OCOCC1NCC. The van der Waals surface area contributed by atoms with Gasteiger partial charge < -0.3 is 14.8 Å². The zero-order valence-electron chi connectivity index (χ0n) is 16.5. The van der Waals surface area contributed by atoms with Crippen LogP contribution in [0.2, 0.25) is 0 Å². The standard InChI is InChI=1S/C21H43NO2/c1-3-5-6-7-8-9-10-11-12-13-14-15-16-17-21-20(22-4-2)18-23-19-24-21/h20-22H,3-19H2,1-2H3. The maximum absolute atomic E-state index is 5.77. The number of unbranched alkanes of at least 4 members (excludes halogenated alkanes) is 12. The van der Waals surface area contributed by atoms with E-state index in [-0.39, 0.29) is 0 Å². The first-order chi connectivity index (χ1) is 11.9. The van der Waals surface area contributed by atoms with Gasteiger partial charge in [-0.1, -0.05) is 97.3 Å². The van der Waals surface area contributed by atoms with Crippen molar-refractivity contribution in [3.8, 4) is 0 Å². The van der Waals surface area contributed by atoms with E-state index in [2.05, 4.69) is 19.2 Å². The lowest BCUT2D eigenvalue weighted by molar-refractivity contribution is -0.157. The van der Waals surface area contributed by atoms with Crippen LogP contribution in [0.3, 0.4) is 0 Å². The van der Waals surface area contributed by atoms with Crippen molar-refractivity contribution in [3.05, 3.63) is 0 Å². The van der Waals surface area contributed by atoms with Gasteiger partial charge in [-0.15, -0.1) is 0 Å². The van der Waals surface area contributed by atoms with Crippen LogP contribution in [0.4, 0.5) is 0 Å². The van der Waals surface area contributed by atoms with Crippen molar-refractivity contribution in [2.45, 2.75) is 116 Å². The number of rotatable bonds is 16. The molecule has 2 atom stereocenters. The molecule has 1 aliphatic rings. The highest BCUT2D eigenvalue weighted by atomic mass is 16.7. The summed E-state index contributed by atoms with van der Waals surface area (Å²) in [6.45, 7) is 6.71. The predicted octanol–water partition coefficient (Wildman–Crippen LogP) is 5.82. The molecule has 2 unspecified atom stereocenters. The van der Waals surface area contributed by atoms with Gasteiger partial charge in [-0.3, -0.25) is 0 Å². The Morgan fingerprint density at radius 3 is 1.83 bits per heavy atom. The summed E-state index contributed by atoms with van der Waals surface area (Å²) in [7, 11) is 0. The number of likely N-dealkylation sites (N-methyl/N-ethyl adjacent to an activating group) is 1. The van der Waals surface area contributed by atoms with E-state index < -0.39 is 0 Å². The normalized spacial score (nSPS) is 21.2. The van der Waals surface area contributed by atoms with Crippen LogP contribution in [0.15, 0.2) is 0 Å². The average molecular weight is 342 g/mol. The van der Waals surface area contributed by atoms with Gasteiger partial charge in [-0.2, -0.15) is 0 Å². The third-order valence-electron chi connectivity index (χ3n) is 5.17. The van der Waals surface area contributed by atoms with E-state index in [0.29, 0.717) is 18.9 Å². The molecule has 1 saturated heterocycles. The number of hydrogen-bond donors (Lipinski definition) is 1. The Morgan fingerprint density at radius 2 is 1.29 bits per heavy atom. The summed E-state index contributed by atoms with van der Waals surface area (Å²) >= 11 is 0. The van der Waals surface area contributed by atoms with Gasteiger partial charge >= 0.3 is 0 Å². The molecule has 0 amide bonds. The fourth-order valence-corrected chi connectivity index (χ4v) is 3.63. The van der Waals surface area contributed by atoms with Crippen molar-refractivity contribution >= 4 is 0 Å². The molecule has 0 aromatic carbocycles. The summed E-state index contributed by atoms with van der Waals surface area (Å²) in [4.78, 5) is 0. The minimum absolute atomic E-state index is 0.353. The fraction of sp³-hybridized carbons (Fsp3) is 1.00. The first-order valence-electron chi connectivity index (χ1n) is 10.8. The summed E-state index contributed by atoms with van der Waals surface area (Å²) in [6.07, 6.45) is 19.9. The smallest absolute Gasteiger partial charge is 0.147 e. The van der Waals surface area contributed by atoms with E-state index in [0.717, 1.165) is 13.2 Å². The second-order valence-corrected chi connectivity index (χ2v) is 7.39. The Kier molecular flexibility index (Phi) is 14.9. The first-order valence-corrected chi connectivity index (χ1v) is 10.8. The second-order valence-electron chi connectivity index (χ2n) is 7.39. The lowest BCUT2D eigenvalue weighted by Crippen LogP contribution is -2.48. The molecule has 3 heteroatoms. The molecule has 0 bridgehead atoms. The Balaban J connectivity index is 1.83. The summed E-state index contributed by atoms with van der Waals surface area (Å²) in [5, 5.41) is 3.48. The average Bonchev–Trinajstić information content (AvgIpc) is 2.60. The van der Waals surface area contributed by atoms with E-state index in [1.54, 1.807) is 0 Å². The van der Waals surface area contributed by atoms with Crippen molar-refractivity contribution in [2.75, 3.05) is 19.9 Å². The molecule has 144 valence electrons. The number of hydrogen-bond acceptors (Lipinski definition) is 3. The zero-order chi connectivity index (χ0) is 17.3. The Bertz CT molecular complexity index is 258.